The topological polar surface area (TPSA) is 92.4 Å². The maximum Gasteiger partial charge on any atom is 0.156 e. The highest BCUT2D eigenvalue weighted by Gasteiger charge is 2.28. The fraction of sp³-hybridized carbons (Fsp3) is 0.400. The zero-order chi connectivity index (χ0) is 20.7. The second kappa shape index (κ2) is 10.4. The minimum atomic E-state index is -0.769. The van der Waals surface area contributed by atoms with E-state index in [0.717, 1.165) is 16.6 Å². The molecule has 0 saturated heterocycles. The molecule has 9 heteroatoms. The standard InChI is InChI=1S/C20H25ClN4O3S/c1-29-12-20(10-26,11-27)24-7-16-8-25(18-17(16)22-13-23-19(18)21)14-28-9-15-5-3-2-4-6-15/h2-6,8,13,24,26-27H,7,9-12,14H2,1H3. The molecule has 0 bridgehead atoms. The van der Waals surface area contributed by atoms with Gasteiger partial charge in [0.25, 0.3) is 0 Å². The zero-order valence-electron chi connectivity index (χ0n) is 16.2. The maximum atomic E-state index is 9.76. The number of fused-ring (bicyclic) bond motifs is 1. The predicted octanol–water partition coefficient (Wildman–Crippen LogP) is 2.43. The lowest BCUT2D eigenvalue weighted by Gasteiger charge is -2.30. The van der Waals surface area contributed by atoms with Gasteiger partial charge in [0, 0.05) is 24.1 Å². The molecule has 0 aliphatic rings. The average molecular weight is 437 g/mol. The van der Waals surface area contributed by atoms with Gasteiger partial charge < -0.3 is 24.8 Å². The number of thioether (sulfide) groups is 1. The van der Waals surface area contributed by atoms with E-state index in [9.17, 15) is 10.2 Å². The summed E-state index contributed by atoms with van der Waals surface area (Å²) < 4.78 is 7.73. The Morgan fingerprint density at radius 1 is 1.21 bits per heavy atom. The summed E-state index contributed by atoms with van der Waals surface area (Å²) >= 11 is 7.89. The van der Waals surface area contributed by atoms with Crippen LogP contribution in [0.3, 0.4) is 0 Å². The van der Waals surface area contributed by atoms with E-state index < -0.39 is 5.54 Å². The highest BCUT2D eigenvalue weighted by atomic mass is 35.5. The Kier molecular flexibility index (Phi) is 7.88. The first-order valence-electron chi connectivity index (χ1n) is 9.18. The largest absolute Gasteiger partial charge is 0.394 e. The summed E-state index contributed by atoms with van der Waals surface area (Å²) in [6, 6.07) is 9.93. The summed E-state index contributed by atoms with van der Waals surface area (Å²) in [4.78, 5) is 8.48. The first kappa shape index (κ1) is 22.0. The van der Waals surface area contributed by atoms with Crippen molar-refractivity contribution >= 4 is 34.4 Å². The van der Waals surface area contributed by atoms with E-state index in [1.54, 1.807) is 11.8 Å². The van der Waals surface area contributed by atoms with E-state index in [0.29, 0.717) is 36.3 Å². The molecule has 0 unspecified atom stereocenters. The normalized spacial score (nSPS) is 12.0. The Labute approximate surface area is 179 Å². The Bertz CT molecular complexity index is 919. The molecule has 3 N–H and O–H groups in total. The summed E-state index contributed by atoms with van der Waals surface area (Å²) in [5.74, 6) is 0.578. The first-order valence-corrected chi connectivity index (χ1v) is 10.9. The van der Waals surface area contributed by atoms with E-state index in [4.69, 9.17) is 16.3 Å². The third-order valence-electron chi connectivity index (χ3n) is 4.70. The molecule has 3 rings (SSSR count). The van der Waals surface area contributed by atoms with Gasteiger partial charge in [0.1, 0.15) is 18.6 Å². The van der Waals surface area contributed by atoms with Gasteiger partial charge in [-0.15, -0.1) is 0 Å². The summed E-state index contributed by atoms with van der Waals surface area (Å²) in [6.07, 6.45) is 5.28. The van der Waals surface area contributed by atoms with E-state index in [1.807, 2.05) is 47.4 Å². The van der Waals surface area contributed by atoms with Crippen molar-refractivity contribution in [1.82, 2.24) is 19.9 Å². The molecule has 156 valence electrons. The maximum absolute atomic E-state index is 9.76. The molecule has 0 radical (unpaired) electrons. The Morgan fingerprint density at radius 3 is 2.66 bits per heavy atom. The molecular formula is C20H25ClN4O3S. The van der Waals surface area contributed by atoms with Gasteiger partial charge in [-0.05, 0) is 11.8 Å². The van der Waals surface area contributed by atoms with Gasteiger partial charge in [0.2, 0.25) is 0 Å². The van der Waals surface area contributed by atoms with Gasteiger partial charge in [0.05, 0.1) is 30.9 Å². The highest BCUT2D eigenvalue weighted by Crippen LogP contribution is 2.25. The predicted molar refractivity (Wildman–Crippen MR) is 116 cm³/mol. The molecule has 7 nitrogen and oxygen atoms in total. The lowest BCUT2D eigenvalue weighted by atomic mass is 10.0. The number of benzene rings is 1. The molecular weight excluding hydrogens is 412 g/mol. The van der Waals surface area contributed by atoms with Crippen molar-refractivity contribution in [2.45, 2.75) is 25.4 Å². The van der Waals surface area contributed by atoms with E-state index in [-0.39, 0.29) is 13.2 Å². The van der Waals surface area contributed by atoms with Crippen molar-refractivity contribution in [2.24, 2.45) is 0 Å². The Balaban J connectivity index is 1.79. The van der Waals surface area contributed by atoms with Gasteiger partial charge in [-0.2, -0.15) is 11.8 Å². The molecule has 0 fully saturated rings. The fourth-order valence-corrected chi connectivity index (χ4v) is 4.17. The van der Waals surface area contributed by atoms with Crippen LogP contribution in [-0.2, 0) is 24.6 Å². The van der Waals surface area contributed by atoms with E-state index in [2.05, 4.69) is 15.3 Å². The molecule has 2 aromatic heterocycles. The summed E-state index contributed by atoms with van der Waals surface area (Å²) in [5, 5.41) is 23.2. The van der Waals surface area contributed by atoms with Gasteiger partial charge >= 0.3 is 0 Å². The Hall–Kier alpha value is -1.68. The van der Waals surface area contributed by atoms with E-state index >= 15 is 0 Å². The molecule has 0 aliphatic carbocycles. The molecule has 0 spiro atoms. The molecule has 0 amide bonds. The number of nitrogens with one attached hydrogen (secondary N) is 1. The minimum absolute atomic E-state index is 0.168. The number of hydrogen-bond donors (Lipinski definition) is 3. The van der Waals surface area contributed by atoms with Crippen molar-refractivity contribution in [3.63, 3.8) is 0 Å². The number of hydrogen-bond acceptors (Lipinski definition) is 7. The number of nitrogens with zero attached hydrogens (tertiary/aromatic N) is 3. The van der Waals surface area contributed by atoms with Crippen LogP contribution in [0.2, 0.25) is 5.15 Å². The quantitative estimate of drug-likeness (QED) is 0.397. The molecule has 29 heavy (non-hydrogen) atoms. The molecule has 0 aliphatic heterocycles. The van der Waals surface area contributed by atoms with Gasteiger partial charge in [-0.1, -0.05) is 41.9 Å². The smallest absolute Gasteiger partial charge is 0.156 e. The van der Waals surface area contributed by atoms with Crippen LogP contribution < -0.4 is 5.32 Å². The average Bonchev–Trinajstić information content (AvgIpc) is 3.11. The van der Waals surface area contributed by atoms with Gasteiger partial charge in [-0.25, -0.2) is 9.97 Å². The van der Waals surface area contributed by atoms with Crippen LogP contribution in [0.4, 0.5) is 0 Å². The monoisotopic (exact) mass is 436 g/mol. The Morgan fingerprint density at radius 2 is 1.97 bits per heavy atom. The number of aromatic nitrogens is 3. The van der Waals surface area contributed by atoms with Crippen LogP contribution in [0, 0.1) is 0 Å². The fourth-order valence-electron chi connectivity index (χ4n) is 3.09. The van der Waals surface area contributed by atoms with Crippen LogP contribution in [0.1, 0.15) is 11.1 Å². The minimum Gasteiger partial charge on any atom is -0.394 e. The zero-order valence-corrected chi connectivity index (χ0v) is 17.8. The van der Waals surface area contributed by atoms with Crippen molar-refractivity contribution in [3.8, 4) is 0 Å². The third-order valence-corrected chi connectivity index (χ3v) is 5.82. The van der Waals surface area contributed by atoms with Crippen LogP contribution >= 0.6 is 23.4 Å². The second-order valence-electron chi connectivity index (χ2n) is 6.83. The number of halogens is 1. The molecule has 2 heterocycles. The van der Waals surface area contributed by atoms with Crippen LogP contribution in [0.15, 0.2) is 42.9 Å². The summed E-state index contributed by atoms with van der Waals surface area (Å²) in [7, 11) is 0. The van der Waals surface area contributed by atoms with Crippen molar-refractivity contribution < 1.29 is 14.9 Å². The second-order valence-corrected chi connectivity index (χ2v) is 8.06. The number of aliphatic hydroxyl groups is 2. The number of aliphatic hydroxyl groups excluding tert-OH is 2. The molecule has 1 aromatic carbocycles. The third kappa shape index (κ3) is 5.28. The lowest BCUT2D eigenvalue weighted by molar-refractivity contribution is 0.0666. The summed E-state index contributed by atoms with van der Waals surface area (Å²) in [6.45, 7) is 0.856. The first-order chi connectivity index (χ1) is 14.1. The number of ether oxygens (including phenoxy) is 1. The van der Waals surface area contributed by atoms with Crippen LogP contribution in [-0.4, -0.2) is 55.5 Å². The number of rotatable bonds is 11. The van der Waals surface area contributed by atoms with Crippen molar-refractivity contribution in [1.29, 1.82) is 0 Å². The SMILES string of the molecule is CSCC(CO)(CO)NCc1cn(COCc2ccccc2)c2c(Cl)ncnc12. The van der Waals surface area contributed by atoms with Crippen LogP contribution in [0.25, 0.3) is 11.0 Å². The van der Waals surface area contributed by atoms with Crippen molar-refractivity contribution in [2.75, 3.05) is 25.2 Å². The molecule has 0 atom stereocenters. The molecule has 0 saturated carbocycles. The lowest BCUT2D eigenvalue weighted by Crippen LogP contribution is -2.53. The molecule has 3 aromatic rings. The highest BCUT2D eigenvalue weighted by molar-refractivity contribution is 7.98. The van der Waals surface area contributed by atoms with Crippen LogP contribution in [0.5, 0.6) is 0 Å². The summed E-state index contributed by atoms with van der Waals surface area (Å²) in [5.41, 5.74) is 2.62. The van der Waals surface area contributed by atoms with Gasteiger partial charge in [-0.3, -0.25) is 0 Å². The van der Waals surface area contributed by atoms with E-state index in [1.165, 1.54) is 6.33 Å². The van der Waals surface area contributed by atoms with Gasteiger partial charge in [0.15, 0.2) is 5.15 Å². The van der Waals surface area contributed by atoms with Crippen molar-refractivity contribution in [3.05, 3.63) is 59.1 Å².